The number of nitriles is 1. The predicted molar refractivity (Wildman–Crippen MR) is 71.8 cm³/mol. The van der Waals surface area contributed by atoms with Crippen molar-refractivity contribution in [1.29, 1.82) is 5.26 Å². The number of nitrogens with zero attached hydrogens (tertiary/aromatic N) is 4. The molecule has 0 radical (unpaired) electrons. The number of hydrogen-bond donors (Lipinski definition) is 1. The van der Waals surface area contributed by atoms with Gasteiger partial charge < -0.3 is 15.0 Å². The second-order valence-corrected chi connectivity index (χ2v) is 4.61. The van der Waals surface area contributed by atoms with Crippen LogP contribution in [-0.4, -0.2) is 48.2 Å². The van der Waals surface area contributed by atoms with E-state index in [0.717, 1.165) is 18.8 Å². The summed E-state index contributed by atoms with van der Waals surface area (Å²) in [7, 11) is 1.68. The largest absolute Gasteiger partial charge is 0.380 e. The lowest BCUT2D eigenvalue weighted by Crippen LogP contribution is -2.40. The molecule has 20 heavy (non-hydrogen) atoms. The molecule has 0 spiro atoms. The first-order chi connectivity index (χ1) is 9.74. The standard InChI is InChI=1S/C13H17N5O2/c1-20-11-6-10(7-16-13(19)2-4-14)18(8-11)12-3-5-15-9-17-12/h3,5,9-11H,2,6-8H2,1H3,(H,16,19)/t10-,11-/m1/s1. The van der Waals surface area contributed by atoms with Gasteiger partial charge in [-0.1, -0.05) is 0 Å². The van der Waals surface area contributed by atoms with E-state index in [1.165, 1.54) is 6.33 Å². The Morgan fingerprint density at radius 2 is 2.55 bits per heavy atom. The van der Waals surface area contributed by atoms with Crippen LogP contribution in [0.2, 0.25) is 0 Å². The summed E-state index contributed by atoms with van der Waals surface area (Å²) in [5, 5.41) is 11.2. The van der Waals surface area contributed by atoms with E-state index in [4.69, 9.17) is 10.00 Å². The van der Waals surface area contributed by atoms with Gasteiger partial charge in [0.2, 0.25) is 5.91 Å². The quantitative estimate of drug-likeness (QED) is 0.819. The van der Waals surface area contributed by atoms with Crippen LogP contribution in [0.5, 0.6) is 0 Å². The fourth-order valence-electron chi connectivity index (χ4n) is 2.34. The van der Waals surface area contributed by atoms with Crippen molar-refractivity contribution in [3.05, 3.63) is 18.6 Å². The molecule has 1 aliphatic rings. The monoisotopic (exact) mass is 275 g/mol. The van der Waals surface area contributed by atoms with Crippen LogP contribution < -0.4 is 10.2 Å². The molecule has 1 saturated heterocycles. The fraction of sp³-hybridized carbons (Fsp3) is 0.538. The molecule has 0 saturated carbocycles. The van der Waals surface area contributed by atoms with Gasteiger partial charge in [0.05, 0.1) is 18.2 Å². The van der Waals surface area contributed by atoms with E-state index >= 15 is 0 Å². The lowest BCUT2D eigenvalue weighted by atomic mass is 10.2. The zero-order valence-electron chi connectivity index (χ0n) is 11.3. The third-order valence-electron chi connectivity index (χ3n) is 3.34. The highest BCUT2D eigenvalue weighted by Gasteiger charge is 2.33. The van der Waals surface area contributed by atoms with Crippen molar-refractivity contribution in [2.24, 2.45) is 0 Å². The second-order valence-electron chi connectivity index (χ2n) is 4.61. The number of aromatic nitrogens is 2. The first-order valence-electron chi connectivity index (χ1n) is 6.43. The molecule has 1 N–H and O–H groups in total. The Bertz CT molecular complexity index is 487. The molecule has 1 aliphatic heterocycles. The van der Waals surface area contributed by atoms with E-state index in [9.17, 15) is 4.79 Å². The lowest BCUT2D eigenvalue weighted by Gasteiger charge is -2.25. The molecule has 7 nitrogen and oxygen atoms in total. The van der Waals surface area contributed by atoms with Crippen LogP contribution in [0.15, 0.2) is 18.6 Å². The van der Waals surface area contributed by atoms with Gasteiger partial charge in [0.15, 0.2) is 0 Å². The highest BCUT2D eigenvalue weighted by Crippen LogP contribution is 2.24. The van der Waals surface area contributed by atoms with Gasteiger partial charge in [0.1, 0.15) is 18.6 Å². The minimum absolute atomic E-state index is 0.109. The molecule has 106 valence electrons. The highest BCUT2D eigenvalue weighted by atomic mass is 16.5. The van der Waals surface area contributed by atoms with Crippen molar-refractivity contribution in [2.75, 3.05) is 25.1 Å². The zero-order chi connectivity index (χ0) is 14.4. The number of ether oxygens (including phenoxy) is 1. The normalized spacial score (nSPS) is 21.5. The van der Waals surface area contributed by atoms with Crippen molar-refractivity contribution in [3.63, 3.8) is 0 Å². The molecule has 1 amide bonds. The lowest BCUT2D eigenvalue weighted by molar-refractivity contribution is -0.120. The summed E-state index contributed by atoms with van der Waals surface area (Å²) in [5.74, 6) is 0.565. The van der Waals surface area contributed by atoms with Crippen LogP contribution >= 0.6 is 0 Å². The van der Waals surface area contributed by atoms with Crippen LogP contribution in [0.25, 0.3) is 0 Å². The number of methoxy groups -OCH3 is 1. The number of anilines is 1. The van der Waals surface area contributed by atoms with Crippen LogP contribution in [-0.2, 0) is 9.53 Å². The number of carbonyl (C=O) groups excluding carboxylic acids is 1. The summed E-state index contributed by atoms with van der Waals surface area (Å²) in [5.41, 5.74) is 0. The summed E-state index contributed by atoms with van der Waals surface area (Å²) >= 11 is 0. The molecule has 7 heteroatoms. The summed E-state index contributed by atoms with van der Waals surface area (Å²) in [6.45, 7) is 1.21. The van der Waals surface area contributed by atoms with Gasteiger partial charge in [0.25, 0.3) is 0 Å². The highest BCUT2D eigenvalue weighted by molar-refractivity contribution is 5.78. The van der Waals surface area contributed by atoms with Gasteiger partial charge in [0, 0.05) is 26.4 Å². The number of amides is 1. The fourth-order valence-corrected chi connectivity index (χ4v) is 2.34. The second kappa shape index (κ2) is 6.82. The van der Waals surface area contributed by atoms with E-state index in [-0.39, 0.29) is 24.5 Å². The third kappa shape index (κ3) is 3.42. The molecule has 0 aliphatic carbocycles. The molecule has 2 rings (SSSR count). The van der Waals surface area contributed by atoms with Crippen LogP contribution in [0.1, 0.15) is 12.8 Å². The first-order valence-corrected chi connectivity index (χ1v) is 6.43. The van der Waals surface area contributed by atoms with Crippen molar-refractivity contribution in [2.45, 2.75) is 25.0 Å². The number of rotatable bonds is 5. The molecular weight excluding hydrogens is 258 g/mol. The first kappa shape index (κ1) is 14.2. The smallest absolute Gasteiger partial charge is 0.234 e. The van der Waals surface area contributed by atoms with Crippen LogP contribution in [0, 0.1) is 11.3 Å². The Morgan fingerprint density at radius 3 is 3.20 bits per heavy atom. The van der Waals surface area contributed by atoms with E-state index in [2.05, 4.69) is 20.2 Å². The van der Waals surface area contributed by atoms with Gasteiger partial charge in [-0.3, -0.25) is 4.79 Å². The molecule has 0 aromatic carbocycles. The average Bonchev–Trinajstić information content (AvgIpc) is 2.90. The topological polar surface area (TPSA) is 91.1 Å². The number of nitrogens with one attached hydrogen (secondary N) is 1. The van der Waals surface area contributed by atoms with Crippen molar-refractivity contribution in [3.8, 4) is 6.07 Å². The minimum Gasteiger partial charge on any atom is -0.380 e. The van der Waals surface area contributed by atoms with Gasteiger partial charge in [-0.25, -0.2) is 9.97 Å². The zero-order valence-corrected chi connectivity index (χ0v) is 11.3. The summed E-state index contributed by atoms with van der Waals surface area (Å²) in [6, 6.07) is 3.78. The summed E-state index contributed by atoms with van der Waals surface area (Å²) in [4.78, 5) is 21.6. The molecule has 0 bridgehead atoms. The molecule has 0 unspecified atom stereocenters. The summed E-state index contributed by atoms with van der Waals surface area (Å²) < 4.78 is 5.40. The maximum absolute atomic E-state index is 11.4. The van der Waals surface area contributed by atoms with Crippen molar-refractivity contribution >= 4 is 11.7 Å². The van der Waals surface area contributed by atoms with E-state index in [0.29, 0.717) is 6.54 Å². The Kier molecular flexibility index (Phi) is 4.85. The van der Waals surface area contributed by atoms with E-state index < -0.39 is 0 Å². The average molecular weight is 275 g/mol. The summed E-state index contributed by atoms with van der Waals surface area (Å²) in [6.07, 6.45) is 4.00. The molecule has 1 fully saturated rings. The van der Waals surface area contributed by atoms with Gasteiger partial charge in [-0.05, 0) is 12.5 Å². The number of carbonyl (C=O) groups is 1. The Balaban J connectivity index is 2.01. The Morgan fingerprint density at radius 1 is 1.70 bits per heavy atom. The van der Waals surface area contributed by atoms with Crippen LogP contribution in [0.3, 0.4) is 0 Å². The van der Waals surface area contributed by atoms with Gasteiger partial charge in [-0.15, -0.1) is 0 Å². The SMILES string of the molecule is CO[C@@H]1C[C@H](CNC(=O)CC#N)N(c2ccncn2)C1. The third-order valence-corrected chi connectivity index (χ3v) is 3.34. The molecule has 2 heterocycles. The minimum atomic E-state index is -0.254. The number of hydrogen-bond acceptors (Lipinski definition) is 6. The maximum atomic E-state index is 11.4. The Labute approximate surface area is 117 Å². The van der Waals surface area contributed by atoms with E-state index in [1.54, 1.807) is 13.3 Å². The van der Waals surface area contributed by atoms with Crippen molar-refractivity contribution < 1.29 is 9.53 Å². The molecule has 1 aromatic heterocycles. The Hall–Kier alpha value is -2.20. The molecular formula is C13H17N5O2. The van der Waals surface area contributed by atoms with Crippen molar-refractivity contribution in [1.82, 2.24) is 15.3 Å². The van der Waals surface area contributed by atoms with Gasteiger partial charge in [-0.2, -0.15) is 5.26 Å². The van der Waals surface area contributed by atoms with Crippen LogP contribution in [0.4, 0.5) is 5.82 Å². The maximum Gasteiger partial charge on any atom is 0.234 e. The van der Waals surface area contributed by atoms with E-state index in [1.807, 2.05) is 12.1 Å². The molecule has 2 atom stereocenters. The predicted octanol–water partition coefficient (Wildman–Crippen LogP) is 0.100. The van der Waals surface area contributed by atoms with Gasteiger partial charge >= 0.3 is 0 Å². The molecule has 1 aromatic rings.